The summed E-state index contributed by atoms with van der Waals surface area (Å²) in [6.45, 7) is 3.37. The number of hydrogen-bond acceptors (Lipinski definition) is 4. The zero-order valence-corrected chi connectivity index (χ0v) is 12.0. The summed E-state index contributed by atoms with van der Waals surface area (Å²) in [5, 5.41) is 28.3. The van der Waals surface area contributed by atoms with Crippen molar-refractivity contribution in [1.29, 1.82) is 0 Å². The topological polar surface area (TPSA) is 83.6 Å². The van der Waals surface area contributed by atoms with Gasteiger partial charge < -0.3 is 10.2 Å². The van der Waals surface area contributed by atoms with E-state index in [9.17, 15) is 10.1 Å². The zero-order chi connectivity index (χ0) is 15.8. The van der Waals surface area contributed by atoms with E-state index in [1.54, 1.807) is 26.0 Å². The van der Waals surface area contributed by atoms with E-state index in [1.165, 1.54) is 12.1 Å². The van der Waals surface area contributed by atoms with Crippen LogP contribution in [0.3, 0.4) is 0 Å². The van der Waals surface area contributed by atoms with Crippen LogP contribution in [0, 0.1) is 10.1 Å². The first-order valence-corrected chi connectivity index (χ1v) is 6.57. The van der Waals surface area contributed by atoms with Gasteiger partial charge in [0.2, 0.25) is 0 Å². The second kappa shape index (κ2) is 8.14. The summed E-state index contributed by atoms with van der Waals surface area (Å²) >= 11 is 0. The highest BCUT2D eigenvalue weighted by molar-refractivity contribution is 5.33. The van der Waals surface area contributed by atoms with Gasteiger partial charge in [0.25, 0.3) is 5.69 Å². The highest BCUT2D eigenvalue weighted by Gasteiger charge is 2.05. The van der Waals surface area contributed by atoms with E-state index in [0.717, 1.165) is 5.56 Å². The number of nitro groups is 1. The normalized spacial score (nSPS) is 12.8. The third-order valence-electron chi connectivity index (χ3n) is 2.87. The Kier molecular flexibility index (Phi) is 6.52. The molecule has 2 unspecified atom stereocenters. The lowest BCUT2D eigenvalue weighted by molar-refractivity contribution is -0.384. The highest BCUT2D eigenvalue weighted by atomic mass is 16.6. The molecule has 5 heteroatoms. The molecule has 0 aromatic heterocycles. The Morgan fingerprint density at radius 2 is 1.29 bits per heavy atom. The van der Waals surface area contributed by atoms with Crippen molar-refractivity contribution < 1.29 is 15.1 Å². The second-order valence-corrected chi connectivity index (χ2v) is 4.61. The van der Waals surface area contributed by atoms with Gasteiger partial charge in [0, 0.05) is 12.1 Å². The lowest BCUT2D eigenvalue weighted by Crippen LogP contribution is -1.92. The minimum absolute atomic E-state index is 0.0411. The Hall–Kier alpha value is -2.24. The van der Waals surface area contributed by atoms with Gasteiger partial charge in [-0.15, -0.1) is 0 Å². The molecule has 2 N–H and O–H groups in total. The average molecular weight is 289 g/mol. The van der Waals surface area contributed by atoms with Crippen molar-refractivity contribution >= 4 is 5.69 Å². The minimum atomic E-state index is -0.578. The molecule has 2 aromatic rings. The number of hydrogen-bond donors (Lipinski definition) is 2. The molecule has 0 amide bonds. The van der Waals surface area contributed by atoms with Gasteiger partial charge >= 0.3 is 0 Å². The summed E-state index contributed by atoms with van der Waals surface area (Å²) in [6.07, 6.45) is -0.919. The Morgan fingerprint density at radius 1 is 0.857 bits per heavy atom. The van der Waals surface area contributed by atoms with Crippen LogP contribution in [0.2, 0.25) is 0 Å². The third kappa shape index (κ3) is 5.72. The smallest absolute Gasteiger partial charge is 0.269 e. The SMILES string of the molecule is CC(O)c1ccc([N+](=O)[O-])cc1.CC(O)c1ccccc1. The molecule has 0 aliphatic heterocycles. The van der Waals surface area contributed by atoms with Crippen molar-refractivity contribution in [1.82, 2.24) is 0 Å². The number of non-ortho nitro benzene ring substituents is 1. The molecule has 0 aliphatic carbocycles. The summed E-state index contributed by atoms with van der Waals surface area (Å²) in [5.74, 6) is 0. The maximum Gasteiger partial charge on any atom is 0.269 e. The van der Waals surface area contributed by atoms with Crippen LogP contribution in [0.25, 0.3) is 0 Å². The first-order chi connectivity index (χ1) is 9.91. The van der Waals surface area contributed by atoms with Crippen molar-refractivity contribution in [2.75, 3.05) is 0 Å². The summed E-state index contributed by atoms with van der Waals surface area (Å²) in [4.78, 5) is 9.76. The van der Waals surface area contributed by atoms with E-state index in [-0.39, 0.29) is 11.8 Å². The van der Waals surface area contributed by atoms with Crippen LogP contribution in [0.5, 0.6) is 0 Å². The van der Waals surface area contributed by atoms with Gasteiger partial charge in [-0.2, -0.15) is 0 Å². The predicted octanol–water partition coefficient (Wildman–Crippen LogP) is 3.39. The Bertz CT molecular complexity index is 550. The van der Waals surface area contributed by atoms with Crippen molar-refractivity contribution in [3.8, 4) is 0 Å². The minimum Gasteiger partial charge on any atom is -0.389 e. The molecule has 2 rings (SSSR count). The average Bonchev–Trinajstić information content (AvgIpc) is 2.49. The summed E-state index contributed by atoms with van der Waals surface area (Å²) in [7, 11) is 0. The maximum absolute atomic E-state index is 10.2. The number of nitrogens with zero attached hydrogens (tertiary/aromatic N) is 1. The lowest BCUT2D eigenvalue weighted by Gasteiger charge is -2.02. The van der Waals surface area contributed by atoms with E-state index in [2.05, 4.69) is 0 Å². The standard InChI is InChI=1S/C8H9NO3.C8H10O/c1-6(10)7-2-4-8(5-3-7)9(11)12;1-7(9)8-5-3-2-4-6-8/h2-6,10H,1H3;2-7,9H,1H3. The molecule has 0 bridgehead atoms. The summed E-state index contributed by atoms with van der Waals surface area (Å²) in [5.41, 5.74) is 1.69. The van der Waals surface area contributed by atoms with Crippen LogP contribution in [0.15, 0.2) is 54.6 Å². The number of benzene rings is 2. The fourth-order valence-electron chi connectivity index (χ4n) is 1.61. The van der Waals surface area contributed by atoms with Crippen molar-refractivity contribution in [3.05, 3.63) is 75.8 Å². The fraction of sp³-hybridized carbons (Fsp3) is 0.250. The Labute approximate surface area is 123 Å². The summed E-state index contributed by atoms with van der Waals surface area (Å²) < 4.78 is 0. The molecule has 0 saturated carbocycles. The Morgan fingerprint density at radius 3 is 1.62 bits per heavy atom. The van der Waals surface area contributed by atoms with Crippen molar-refractivity contribution in [2.45, 2.75) is 26.1 Å². The number of rotatable bonds is 3. The molecule has 2 atom stereocenters. The predicted molar refractivity (Wildman–Crippen MR) is 80.8 cm³/mol. The van der Waals surface area contributed by atoms with Gasteiger partial charge in [-0.25, -0.2) is 0 Å². The molecule has 0 aliphatic rings. The molecule has 2 aromatic carbocycles. The molecular weight excluding hydrogens is 270 g/mol. The molecule has 0 spiro atoms. The zero-order valence-electron chi connectivity index (χ0n) is 12.0. The summed E-state index contributed by atoms with van der Waals surface area (Å²) in [6, 6.07) is 15.4. The molecule has 0 fully saturated rings. The molecule has 21 heavy (non-hydrogen) atoms. The molecule has 112 valence electrons. The van der Waals surface area contributed by atoms with E-state index >= 15 is 0 Å². The third-order valence-corrected chi connectivity index (χ3v) is 2.87. The lowest BCUT2D eigenvalue weighted by atomic mass is 10.1. The quantitative estimate of drug-likeness (QED) is 0.670. The van der Waals surface area contributed by atoms with Crippen molar-refractivity contribution in [3.63, 3.8) is 0 Å². The van der Waals surface area contributed by atoms with Gasteiger partial charge in [0.1, 0.15) is 0 Å². The molecular formula is C16H19NO4. The van der Waals surface area contributed by atoms with Gasteiger partial charge in [-0.1, -0.05) is 30.3 Å². The first kappa shape index (κ1) is 16.8. The van der Waals surface area contributed by atoms with E-state index in [4.69, 9.17) is 10.2 Å². The van der Waals surface area contributed by atoms with Crippen molar-refractivity contribution in [2.24, 2.45) is 0 Å². The van der Waals surface area contributed by atoms with E-state index in [0.29, 0.717) is 5.56 Å². The molecule has 5 nitrogen and oxygen atoms in total. The highest BCUT2D eigenvalue weighted by Crippen LogP contribution is 2.16. The molecule has 0 radical (unpaired) electrons. The van der Waals surface area contributed by atoms with E-state index < -0.39 is 11.0 Å². The van der Waals surface area contributed by atoms with Crippen LogP contribution < -0.4 is 0 Å². The van der Waals surface area contributed by atoms with Gasteiger partial charge in [-0.05, 0) is 37.1 Å². The van der Waals surface area contributed by atoms with E-state index in [1.807, 2.05) is 30.3 Å². The largest absolute Gasteiger partial charge is 0.389 e. The number of aliphatic hydroxyl groups excluding tert-OH is 2. The van der Waals surface area contributed by atoms with Crippen LogP contribution >= 0.6 is 0 Å². The van der Waals surface area contributed by atoms with Gasteiger partial charge in [0.15, 0.2) is 0 Å². The fourth-order valence-corrected chi connectivity index (χ4v) is 1.61. The van der Waals surface area contributed by atoms with Crippen LogP contribution in [-0.2, 0) is 0 Å². The Balaban J connectivity index is 0.000000219. The molecule has 0 heterocycles. The van der Waals surface area contributed by atoms with Gasteiger partial charge in [-0.3, -0.25) is 10.1 Å². The maximum atomic E-state index is 10.2. The number of aliphatic hydroxyl groups is 2. The second-order valence-electron chi connectivity index (χ2n) is 4.61. The van der Waals surface area contributed by atoms with Crippen LogP contribution in [0.1, 0.15) is 37.2 Å². The van der Waals surface area contributed by atoms with Crippen LogP contribution in [-0.4, -0.2) is 15.1 Å². The van der Waals surface area contributed by atoms with Gasteiger partial charge in [0.05, 0.1) is 17.1 Å². The monoisotopic (exact) mass is 289 g/mol. The first-order valence-electron chi connectivity index (χ1n) is 6.57. The van der Waals surface area contributed by atoms with Crippen LogP contribution in [0.4, 0.5) is 5.69 Å². The number of nitro benzene ring substituents is 1. The molecule has 0 saturated heterocycles.